The molecule has 0 aliphatic carbocycles. The predicted molar refractivity (Wildman–Crippen MR) is 101 cm³/mol. The fraction of sp³-hybridized carbons (Fsp3) is 0.550. The van der Waals surface area contributed by atoms with Crippen molar-refractivity contribution in [3.8, 4) is 0 Å². The molecule has 2 unspecified atom stereocenters. The number of nitrogens with zero attached hydrogens (tertiary/aromatic N) is 5. The van der Waals surface area contributed by atoms with Gasteiger partial charge in [-0.25, -0.2) is 9.97 Å². The fourth-order valence-corrected chi connectivity index (χ4v) is 3.97. The number of anilines is 1. The van der Waals surface area contributed by atoms with Crippen LogP contribution in [-0.2, 0) is 17.7 Å². The zero-order valence-corrected chi connectivity index (χ0v) is 15.6. The zero-order chi connectivity index (χ0) is 18.0. The number of hydrogen-bond donors (Lipinski definition) is 0. The van der Waals surface area contributed by atoms with Crippen molar-refractivity contribution in [1.29, 1.82) is 0 Å². The summed E-state index contributed by atoms with van der Waals surface area (Å²) in [5, 5.41) is 0. The van der Waals surface area contributed by atoms with E-state index in [2.05, 4.69) is 44.8 Å². The van der Waals surface area contributed by atoms with E-state index in [1.54, 1.807) is 0 Å². The molecule has 2 aromatic rings. The molecular formula is C20H27N5O. The van der Waals surface area contributed by atoms with Gasteiger partial charge in [0.05, 0.1) is 17.9 Å². The van der Waals surface area contributed by atoms with E-state index < -0.39 is 0 Å². The number of pyridine rings is 1. The standard InChI is InChI=1S/C20H27N5O/c1-3-16-11-22-19(23-12-16)25-9-7-20(15-25)10-18(14-26-20)24(2)13-17-6-4-5-8-21-17/h4-6,8,11-12,18H,3,7,9-10,13-15H2,1-2H3. The number of likely N-dealkylation sites (N-methyl/N-ethyl adjacent to an activating group) is 1. The third-order valence-corrected chi connectivity index (χ3v) is 5.65. The predicted octanol–water partition coefficient (Wildman–Crippen LogP) is 2.30. The first-order valence-electron chi connectivity index (χ1n) is 9.47. The largest absolute Gasteiger partial charge is 0.371 e. The first-order chi connectivity index (χ1) is 12.7. The SMILES string of the molecule is CCc1cnc(N2CCC3(CC(N(C)Cc4ccccn4)CO3)C2)nc1. The Morgan fingerprint density at radius 1 is 1.27 bits per heavy atom. The third kappa shape index (κ3) is 3.57. The highest BCUT2D eigenvalue weighted by atomic mass is 16.5. The Labute approximate surface area is 155 Å². The molecule has 26 heavy (non-hydrogen) atoms. The lowest BCUT2D eigenvalue weighted by Gasteiger charge is -2.25. The lowest BCUT2D eigenvalue weighted by Crippen LogP contribution is -2.36. The van der Waals surface area contributed by atoms with Gasteiger partial charge < -0.3 is 9.64 Å². The van der Waals surface area contributed by atoms with Crippen LogP contribution in [0.25, 0.3) is 0 Å². The second-order valence-corrected chi connectivity index (χ2v) is 7.50. The minimum Gasteiger partial charge on any atom is -0.371 e. The summed E-state index contributed by atoms with van der Waals surface area (Å²) in [7, 11) is 2.17. The molecule has 4 rings (SSSR count). The Morgan fingerprint density at radius 2 is 2.12 bits per heavy atom. The van der Waals surface area contributed by atoms with Crippen LogP contribution in [0.3, 0.4) is 0 Å². The van der Waals surface area contributed by atoms with Crippen LogP contribution in [-0.4, -0.2) is 58.2 Å². The van der Waals surface area contributed by atoms with Crippen molar-refractivity contribution in [2.24, 2.45) is 0 Å². The highest BCUT2D eigenvalue weighted by Gasteiger charge is 2.47. The summed E-state index contributed by atoms with van der Waals surface area (Å²) in [6, 6.07) is 6.51. The van der Waals surface area contributed by atoms with Crippen molar-refractivity contribution in [3.05, 3.63) is 48.0 Å². The molecule has 4 heterocycles. The van der Waals surface area contributed by atoms with E-state index in [0.29, 0.717) is 6.04 Å². The molecule has 6 heteroatoms. The zero-order valence-electron chi connectivity index (χ0n) is 15.6. The van der Waals surface area contributed by atoms with Crippen LogP contribution >= 0.6 is 0 Å². The maximum atomic E-state index is 6.31. The van der Waals surface area contributed by atoms with E-state index in [1.165, 1.54) is 5.56 Å². The molecule has 0 saturated carbocycles. The van der Waals surface area contributed by atoms with Crippen LogP contribution in [0.2, 0.25) is 0 Å². The van der Waals surface area contributed by atoms with Crippen LogP contribution in [0.5, 0.6) is 0 Å². The molecule has 2 aliphatic heterocycles. The van der Waals surface area contributed by atoms with Gasteiger partial charge in [-0.15, -0.1) is 0 Å². The Morgan fingerprint density at radius 3 is 2.85 bits per heavy atom. The van der Waals surface area contributed by atoms with Gasteiger partial charge in [-0.3, -0.25) is 9.88 Å². The Kier molecular flexibility index (Phi) is 4.87. The second-order valence-electron chi connectivity index (χ2n) is 7.50. The van der Waals surface area contributed by atoms with Crippen molar-refractivity contribution in [1.82, 2.24) is 19.9 Å². The van der Waals surface area contributed by atoms with E-state index in [0.717, 1.165) is 57.1 Å². The summed E-state index contributed by atoms with van der Waals surface area (Å²) >= 11 is 0. The van der Waals surface area contributed by atoms with Crippen LogP contribution in [0.1, 0.15) is 31.0 Å². The van der Waals surface area contributed by atoms with Gasteiger partial charge in [-0.05, 0) is 44.0 Å². The number of aryl methyl sites for hydroxylation is 1. The maximum Gasteiger partial charge on any atom is 0.225 e. The van der Waals surface area contributed by atoms with E-state index >= 15 is 0 Å². The highest BCUT2D eigenvalue weighted by molar-refractivity contribution is 5.34. The molecule has 2 fully saturated rings. The lowest BCUT2D eigenvalue weighted by molar-refractivity contribution is 0.0205. The van der Waals surface area contributed by atoms with Crippen molar-refractivity contribution < 1.29 is 4.74 Å². The van der Waals surface area contributed by atoms with E-state index in [1.807, 2.05) is 30.7 Å². The van der Waals surface area contributed by atoms with E-state index in [-0.39, 0.29) is 5.60 Å². The van der Waals surface area contributed by atoms with Gasteiger partial charge in [0.25, 0.3) is 0 Å². The van der Waals surface area contributed by atoms with Gasteiger partial charge in [0.1, 0.15) is 0 Å². The Bertz CT molecular complexity index is 723. The maximum absolute atomic E-state index is 6.31. The minimum absolute atomic E-state index is 0.0597. The van der Waals surface area contributed by atoms with E-state index in [4.69, 9.17) is 4.74 Å². The number of hydrogen-bond acceptors (Lipinski definition) is 6. The van der Waals surface area contributed by atoms with Crippen molar-refractivity contribution in [3.63, 3.8) is 0 Å². The van der Waals surface area contributed by atoms with Gasteiger partial charge >= 0.3 is 0 Å². The minimum atomic E-state index is -0.0597. The van der Waals surface area contributed by atoms with Crippen LogP contribution in [0.4, 0.5) is 5.95 Å². The fourth-order valence-electron chi connectivity index (χ4n) is 3.97. The summed E-state index contributed by atoms with van der Waals surface area (Å²) in [5.41, 5.74) is 2.22. The highest BCUT2D eigenvalue weighted by Crippen LogP contribution is 2.37. The molecule has 138 valence electrons. The Hall–Kier alpha value is -2.05. The molecule has 2 aliphatic rings. The average Bonchev–Trinajstić information content (AvgIpc) is 3.30. The molecule has 2 aromatic heterocycles. The number of aromatic nitrogens is 3. The summed E-state index contributed by atoms with van der Waals surface area (Å²) in [6.07, 6.45) is 8.80. The first-order valence-corrected chi connectivity index (χ1v) is 9.47. The molecule has 0 aromatic carbocycles. The van der Waals surface area contributed by atoms with E-state index in [9.17, 15) is 0 Å². The molecule has 2 saturated heterocycles. The van der Waals surface area contributed by atoms with Gasteiger partial charge in [0, 0.05) is 44.3 Å². The molecule has 0 bridgehead atoms. The molecule has 0 N–H and O–H groups in total. The third-order valence-electron chi connectivity index (χ3n) is 5.65. The summed E-state index contributed by atoms with van der Waals surface area (Å²) < 4.78 is 6.31. The van der Waals surface area contributed by atoms with Crippen LogP contribution in [0.15, 0.2) is 36.8 Å². The summed E-state index contributed by atoms with van der Waals surface area (Å²) in [4.78, 5) is 18.1. The smallest absolute Gasteiger partial charge is 0.225 e. The van der Waals surface area contributed by atoms with Gasteiger partial charge in [-0.2, -0.15) is 0 Å². The van der Waals surface area contributed by atoms with Crippen molar-refractivity contribution in [2.45, 2.75) is 44.4 Å². The summed E-state index contributed by atoms with van der Waals surface area (Å²) in [5.74, 6) is 0.827. The number of rotatable bonds is 5. The van der Waals surface area contributed by atoms with Crippen LogP contribution < -0.4 is 4.90 Å². The van der Waals surface area contributed by atoms with Crippen LogP contribution in [0, 0.1) is 0 Å². The first kappa shape index (κ1) is 17.4. The molecule has 2 atom stereocenters. The Balaban J connectivity index is 1.37. The lowest BCUT2D eigenvalue weighted by atomic mass is 9.96. The molecule has 0 radical (unpaired) electrons. The average molecular weight is 353 g/mol. The topological polar surface area (TPSA) is 54.4 Å². The van der Waals surface area contributed by atoms with Crippen molar-refractivity contribution >= 4 is 5.95 Å². The number of ether oxygens (including phenoxy) is 1. The van der Waals surface area contributed by atoms with Gasteiger partial charge in [0.15, 0.2) is 0 Å². The quantitative estimate of drug-likeness (QED) is 0.822. The molecule has 6 nitrogen and oxygen atoms in total. The molecule has 1 spiro atoms. The second kappa shape index (κ2) is 7.29. The van der Waals surface area contributed by atoms with Gasteiger partial charge in [-0.1, -0.05) is 13.0 Å². The van der Waals surface area contributed by atoms with Gasteiger partial charge in [0.2, 0.25) is 5.95 Å². The molecular weight excluding hydrogens is 326 g/mol. The normalized spacial score (nSPS) is 25.5. The monoisotopic (exact) mass is 353 g/mol. The summed E-state index contributed by atoms with van der Waals surface area (Å²) in [6.45, 7) is 5.61. The molecule has 0 amide bonds. The van der Waals surface area contributed by atoms with Crippen molar-refractivity contribution in [2.75, 3.05) is 31.6 Å².